The number of nitrogens with zero attached hydrogens (tertiary/aromatic N) is 2. The fourth-order valence-electron chi connectivity index (χ4n) is 2.92. The number of hydrogen-bond donors (Lipinski definition) is 2. The van der Waals surface area contributed by atoms with Crippen molar-refractivity contribution in [2.75, 3.05) is 29.9 Å². The molecule has 1 aromatic heterocycles. The number of para-hydroxylation sites is 1. The number of nitrogens with one attached hydrogen (secondary N) is 2. The summed E-state index contributed by atoms with van der Waals surface area (Å²) in [6.07, 6.45) is 5.77. The fraction of sp³-hybridized carbons (Fsp3) is 0.333. The zero-order valence-electron chi connectivity index (χ0n) is 13.4. The Morgan fingerprint density at radius 3 is 2.58 bits per heavy atom. The van der Waals surface area contributed by atoms with Gasteiger partial charge >= 0.3 is 6.03 Å². The first-order chi connectivity index (χ1) is 11.7. The van der Waals surface area contributed by atoms with Gasteiger partial charge in [0.25, 0.3) is 0 Å². The van der Waals surface area contributed by atoms with Crippen LogP contribution in [0.25, 0.3) is 0 Å². The van der Waals surface area contributed by atoms with Crippen LogP contribution in [0.4, 0.5) is 16.2 Å². The highest BCUT2D eigenvalue weighted by Crippen LogP contribution is 2.23. The number of carbonyl (C=O) groups excluding carboxylic acids is 1. The van der Waals surface area contributed by atoms with Gasteiger partial charge in [-0.15, -0.1) is 0 Å². The molecular formula is C18H21ClN4O. The van der Waals surface area contributed by atoms with E-state index < -0.39 is 0 Å². The zero-order chi connectivity index (χ0) is 16.8. The number of aromatic nitrogens is 1. The standard InChI is InChI=1S/C18H21ClN4O/c19-16-3-1-2-4-17(16)22-18(24)21-13-14-7-11-23(12-8-14)15-5-9-20-10-6-15/h1-6,9-10,14H,7-8,11-13H2,(H2,21,22,24). The molecule has 2 amide bonds. The summed E-state index contributed by atoms with van der Waals surface area (Å²) in [6.45, 7) is 2.69. The number of benzene rings is 1. The highest BCUT2D eigenvalue weighted by Gasteiger charge is 2.20. The van der Waals surface area contributed by atoms with Crippen LogP contribution >= 0.6 is 11.6 Å². The van der Waals surface area contributed by atoms with Crippen LogP contribution < -0.4 is 15.5 Å². The molecular weight excluding hydrogens is 324 g/mol. The Morgan fingerprint density at radius 2 is 1.88 bits per heavy atom. The van der Waals surface area contributed by atoms with Crippen LogP contribution in [0.3, 0.4) is 0 Å². The van der Waals surface area contributed by atoms with E-state index in [4.69, 9.17) is 11.6 Å². The highest BCUT2D eigenvalue weighted by molar-refractivity contribution is 6.33. The molecule has 0 spiro atoms. The monoisotopic (exact) mass is 344 g/mol. The molecule has 24 heavy (non-hydrogen) atoms. The number of rotatable bonds is 4. The normalized spacial score (nSPS) is 15.1. The lowest BCUT2D eigenvalue weighted by Gasteiger charge is -2.33. The summed E-state index contributed by atoms with van der Waals surface area (Å²) in [4.78, 5) is 18.4. The molecule has 0 radical (unpaired) electrons. The Hall–Kier alpha value is -2.27. The molecule has 1 aliphatic heterocycles. The number of urea groups is 1. The molecule has 5 nitrogen and oxygen atoms in total. The molecule has 2 aromatic rings. The molecule has 2 heterocycles. The van der Waals surface area contributed by atoms with E-state index in [0.717, 1.165) is 25.9 Å². The van der Waals surface area contributed by atoms with Crippen molar-refractivity contribution >= 4 is 29.0 Å². The van der Waals surface area contributed by atoms with E-state index in [0.29, 0.717) is 23.2 Å². The lowest BCUT2D eigenvalue weighted by molar-refractivity contribution is 0.248. The molecule has 1 fully saturated rings. The first kappa shape index (κ1) is 16.6. The molecule has 0 saturated carbocycles. The third kappa shape index (κ3) is 4.38. The minimum Gasteiger partial charge on any atom is -0.371 e. The van der Waals surface area contributed by atoms with E-state index in [-0.39, 0.29) is 6.03 Å². The lowest BCUT2D eigenvalue weighted by Crippen LogP contribution is -2.39. The van der Waals surface area contributed by atoms with E-state index >= 15 is 0 Å². The molecule has 1 saturated heterocycles. The van der Waals surface area contributed by atoms with Gasteiger partial charge in [-0.3, -0.25) is 4.98 Å². The number of halogens is 1. The summed E-state index contributed by atoms with van der Waals surface area (Å²) in [6, 6.07) is 11.1. The number of carbonyl (C=O) groups is 1. The molecule has 0 atom stereocenters. The van der Waals surface area contributed by atoms with Crippen LogP contribution in [0.15, 0.2) is 48.8 Å². The van der Waals surface area contributed by atoms with Crippen molar-refractivity contribution in [1.29, 1.82) is 0 Å². The first-order valence-corrected chi connectivity index (χ1v) is 8.54. The summed E-state index contributed by atoms with van der Waals surface area (Å²) in [5.74, 6) is 0.500. The Labute approximate surface area is 147 Å². The summed E-state index contributed by atoms with van der Waals surface area (Å²) < 4.78 is 0. The van der Waals surface area contributed by atoms with Crippen LogP contribution in [-0.2, 0) is 0 Å². The zero-order valence-corrected chi connectivity index (χ0v) is 14.2. The van der Waals surface area contributed by atoms with Gasteiger partial charge in [-0.05, 0) is 43.0 Å². The van der Waals surface area contributed by atoms with Gasteiger partial charge in [0.2, 0.25) is 0 Å². The van der Waals surface area contributed by atoms with Crippen molar-refractivity contribution in [2.45, 2.75) is 12.8 Å². The predicted molar refractivity (Wildman–Crippen MR) is 97.6 cm³/mol. The molecule has 3 rings (SSSR count). The van der Waals surface area contributed by atoms with Crippen LogP contribution in [0, 0.1) is 5.92 Å². The Morgan fingerprint density at radius 1 is 1.17 bits per heavy atom. The molecule has 1 aliphatic rings. The second-order valence-electron chi connectivity index (χ2n) is 5.95. The summed E-state index contributed by atoms with van der Waals surface area (Å²) in [5.41, 5.74) is 1.84. The van der Waals surface area contributed by atoms with Gasteiger partial charge in [-0.25, -0.2) is 4.79 Å². The largest absolute Gasteiger partial charge is 0.371 e. The Kier molecular flexibility index (Phi) is 5.54. The van der Waals surface area contributed by atoms with Gasteiger partial charge in [-0.1, -0.05) is 23.7 Å². The number of piperidine rings is 1. The Balaban J connectivity index is 1.42. The number of hydrogen-bond acceptors (Lipinski definition) is 3. The highest BCUT2D eigenvalue weighted by atomic mass is 35.5. The number of pyridine rings is 1. The summed E-state index contributed by atoms with van der Waals surface area (Å²) in [7, 11) is 0. The smallest absolute Gasteiger partial charge is 0.319 e. The molecule has 1 aromatic carbocycles. The lowest BCUT2D eigenvalue weighted by atomic mass is 9.96. The SMILES string of the molecule is O=C(NCC1CCN(c2ccncc2)CC1)Nc1ccccc1Cl. The van der Waals surface area contributed by atoms with Crippen molar-refractivity contribution in [1.82, 2.24) is 10.3 Å². The van der Waals surface area contributed by atoms with Gasteiger partial charge in [0.05, 0.1) is 10.7 Å². The molecule has 6 heteroatoms. The van der Waals surface area contributed by atoms with E-state index in [1.807, 2.05) is 36.7 Å². The van der Waals surface area contributed by atoms with Gasteiger partial charge in [0.15, 0.2) is 0 Å². The van der Waals surface area contributed by atoms with Gasteiger partial charge < -0.3 is 15.5 Å². The molecule has 2 N–H and O–H groups in total. The van der Waals surface area contributed by atoms with Gasteiger partial charge in [0.1, 0.15) is 0 Å². The Bertz CT molecular complexity index is 672. The number of anilines is 2. The minimum atomic E-state index is -0.209. The summed E-state index contributed by atoms with van der Waals surface area (Å²) >= 11 is 6.04. The van der Waals surface area contributed by atoms with E-state index in [2.05, 4.69) is 20.5 Å². The van der Waals surface area contributed by atoms with E-state index in [1.165, 1.54) is 5.69 Å². The topological polar surface area (TPSA) is 57.3 Å². The predicted octanol–water partition coefficient (Wildman–Crippen LogP) is 3.77. The van der Waals surface area contributed by atoms with Crippen molar-refractivity contribution < 1.29 is 4.79 Å². The van der Waals surface area contributed by atoms with Crippen LogP contribution in [0.1, 0.15) is 12.8 Å². The maximum Gasteiger partial charge on any atom is 0.319 e. The van der Waals surface area contributed by atoms with Crippen LogP contribution in [0.5, 0.6) is 0 Å². The van der Waals surface area contributed by atoms with Crippen molar-refractivity contribution in [3.8, 4) is 0 Å². The average Bonchev–Trinajstić information content (AvgIpc) is 2.63. The second kappa shape index (κ2) is 8.02. The third-order valence-electron chi connectivity index (χ3n) is 4.32. The number of amides is 2. The molecule has 0 unspecified atom stereocenters. The van der Waals surface area contributed by atoms with Gasteiger partial charge in [-0.2, -0.15) is 0 Å². The van der Waals surface area contributed by atoms with Crippen LogP contribution in [-0.4, -0.2) is 30.6 Å². The van der Waals surface area contributed by atoms with Gasteiger partial charge in [0, 0.05) is 37.7 Å². The third-order valence-corrected chi connectivity index (χ3v) is 4.65. The fourth-order valence-corrected chi connectivity index (χ4v) is 3.10. The van der Waals surface area contributed by atoms with E-state index in [9.17, 15) is 4.79 Å². The first-order valence-electron chi connectivity index (χ1n) is 8.17. The molecule has 0 aliphatic carbocycles. The molecule has 0 bridgehead atoms. The quantitative estimate of drug-likeness (QED) is 0.887. The second-order valence-corrected chi connectivity index (χ2v) is 6.36. The average molecular weight is 345 g/mol. The van der Waals surface area contributed by atoms with Crippen molar-refractivity contribution in [3.63, 3.8) is 0 Å². The minimum absolute atomic E-state index is 0.209. The summed E-state index contributed by atoms with van der Waals surface area (Å²) in [5, 5.41) is 6.27. The maximum atomic E-state index is 12.0. The maximum absolute atomic E-state index is 12.0. The molecule has 126 valence electrons. The van der Waals surface area contributed by atoms with Crippen molar-refractivity contribution in [2.24, 2.45) is 5.92 Å². The van der Waals surface area contributed by atoms with Crippen molar-refractivity contribution in [3.05, 3.63) is 53.8 Å². The van der Waals surface area contributed by atoms with Crippen LogP contribution in [0.2, 0.25) is 5.02 Å². The van der Waals surface area contributed by atoms with E-state index in [1.54, 1.807) is 12.1 Å².